The van der Waals surface area contributed by atoms with Crippen molar-refractivity contribution in [3.8, 4) is 23.5 Å². The van der Waals surface area contributed by atoms with E-state index in [9.17, 15) is 9.59 Å². The Balaban J connectivity index is 1.98. The van der Waals surface area contributed by atoms with Crippen molar-refractivity contribution in [3.05, 3.63) is 48.4 Å². The lowest BCUT2D eigenvalue weighted by Crippen LogP contribution is -2.28. The Morgan fingerprint density at radius 1 is 1.13 bits per heavy atom. The number of hydrogen-bond donors (Lipinski definition) is 3. The fourth-order valence-electron chi connectivity index (χ4n) is 2.87. The maximum Gasteiger partial charge on any atom is 0.408 e. The van der Waals surface area contributed by atoms with Gasteiger partial charge in [-0.2, -0.15) is 10.2 Å². The largest absolute Gasteiger partial charge is 0.436 e. The number of carbonyl (C=O) groups excluding carboxylic acids is 2. The van der Waals surface area contributed by atoms with Crippen LogP contribution in [0.15, 0.2) is 42.9 Å². The van der Waals surface area contributed by atoms with E-state index in [0.29, 0.717) is 12.4 Å². The van der Waals surface area contributed by atoms with Crippen molar-refractivity contribution in [1.82, 2.24) is 25.8 Å². The number of rotatable bonds is 6. The highest BCUT2D eigenvalue weighted by atomic mass is 16.5. The van der Waals surface area contributed by atoms with Gasteiger partial charge in [0, 0.05) is 30.2 Å². The summed E-state index contributed by atoms with van der Waals surface area (Å²) in [6.07, 6.45) is 9.40. The van der Waals surface area contributed by atoms with Gasteiger partial charge in [0.25, 0.3) is 0 Å². The zero-order valence-electron chi connectivity index (χ0n) is 16.3. The Kier molecular flexibility index (Phi) is 6.74. The summed E-state index contributed by atoms with van der Waals surface area (Å²) in [7, 11) is 0. The third-order valence-electron chi connectivity index (χ3n) is 4.18. The molecule has 0 fully saturated rings. The Morgan fingerprint density at radius 2 is 2.00 bits per heavy atom. The average molecular weight is 404 g/mol. The number of ether oxygens (including phenoxy) is 1. The summed E-state index contributed by atoms with van der Waals surface area (Å²) >= 11 is 0. The second-order valence-corrected chi connectivity index (χ2v) is 6.14. The van der Waals surface area contributed by atoms with Crippen LogP contribution in [0.25, 0.3) is 21.9 Å². The van der Waals surface area contributed by atoms with E-state index in [1.807, 2.05) is 25.1 Å². The van der Waals surface area contributed by atoms with Crippen molar-refractivity contribution in [1.29, 1.82) is 0 Å². The zero-order valence-corrected chi connectivity index (χ0v) is 16.3. The number of urea groups is 1. The van der Waals surface area contributed by atoms with Gasteiger partial charge in [-0.05, 0) is 35.6 Å². The number of aromatic nitrogens is 3. The zero-order chi connectivity index (χ0) is 21.3. The van der Waals surface area contributed by atoms with E-state index >= 15 is 0 Å². The number of fused-ring (bicyclic) bond motifs is 1. The van der Waals surface area contributed by atoms with E-state index in [-0.39, 0.29) is 19.2 Å². The lowest BCUT2D eigenvalue weighted by Gasteiger charge is -2.13. The first-order valence-corrected chi connectivity index (χ1v) is 9.20. The topological polar surface area (TPSA) is 118 Å². The van der Waals surface area contributed by atoms with Crippen molar-refractivity contribution in [3.63, 3.8) is 0 Å². The van der Waals surface area contributed by atoms with Gasteiger partial charge in [0.1, 0.15) is 5.82 Å². The normalized spacial score (nSPS) is 10.1. The molecule has 0 unspecified atom stereocenters. The van der Waals surface area contributed by atoms with Gasteiger partial charge < -0.3 is 15.4 Å². The lowest BCUT2D eigenvalue weighted by atomic mass is 9.97. The number of terminal acetylenes is 1. The molecule has 0 atom stereocenters. The van der Waals surface area contributed by atoms with E-state index in [1.54, 1.807) is 24.7 Å². The Bertz CT molecular complexity index is 1100. The minimum absolute atomic E-state index is 0.100. The maximum absolute atomic E-state index is 11.9. The summed E-state index contributed by atoms with van der Waals surface area (Å²) < 4.78 is 4.83. The molecule has 2 heterocycles. The van der Waals surface area contributed by atoms with Crippen molar-refractivity contribution >= 4 is 28.7 Å². The van der Waals surface area contributed by atoms with E-state index in [4.69, 9.17) is 11.2 Å². The summed E-state index contributed by atoms with van der Waals surface area (Å²) in [5.74, 6) is 2.64. The van der Waals surface area contributed by atoms with Gasteiger partial charge in [-0.3, -0.25) is 5.32 Å². The molecule has 0 aliphatic carbocycles. The monoisotopic (exact) mass is 404 g/mol. The molecule has 0 aliphatic rings. The van der Waals surface area contributed by atoms with Crippen LogP contribution in [0.3, 0.4) is 0 Å². The summed E-state index contributed by atoms with van der Waals surface area (Å²) in [5, 5.41) is 17.4. The molecule has 1 aromatic carbocycles. The second kappa shape index (κ2) is 9.84. The van der Waals surface area contributed by atoms with E-state index < -0.39 is 6.09 Å². The quantitative estimate of drug-likeness (QED) is 0.544. The van der Waals surface area contributed by atoms with Gasteiger partial charge in [-0.1, -0.05) is 18.1 Å². The van der Waals surface area contributed by atoms with Crippen molar-refractivity contribution < 1.29 is 14.3 Å². The smallest absolute Gasteiger partial charge is 0.408 e. The minimum atomic E-state index is -0.606. The Morgan fingerprint density at radius 3 is 2.73 bits per heavy atom. The van der Waals surface area contributed by atoms with Crippen LogP contribution in [0.4, 0.5) is 15.4 Å². The minimum Gasteiger partial charge on any atom is -0.436 e. The Labute approximate surface area is 173 Å². The molecular formula is C21H20N6O3. The number of nitrogens with one attached hydrogen (secondary N) is 3. The van der Waals surface area contributed by atoms with Crippen LogP contribution in [0.2, 0.25) is 0 Å². The SMILES string of the molecule is C#CCOC(=O)NCc1ccc(-c2ccnnc2)c2cc(NC(=O)NCC)ncc12. The van der Waals surface area contributed by atoms with Gasteiger partial charge >= 0.3 is 12.1 Å². The highest BCUT2D eigenvalue weighted by Gasteiger charge is 2.12. The van der Waals surface area contributed by atoms with Crippen molar-refractivity contribution in [2.75, 3.05) is 18.5 Å². The maximum atomic E-state index is 11.9. The predicted molar refractivity (Wildman–Crippen MR) is 112 cm³/mol. The molecular weight excluding hydrogens is 384 g/mol. The molecule has 0 radical (unpaired) electrons. The van der Waals surface area contributed by atoms with E-state index in [2.05, 4.69) is 37.1 Å². The number of nitrogens with zero attached hydrogens (tertiary/aromatic N) is 3. The number of benzene rings is 1. The molecule has 3 amide bonds. The van der Waals surface area contributed by atoms with Gasteiger partial charge in [0.05, 0.1) is 12.4 Å². The Hall–Kier alpha value is -4.19. The molecule has 3 rings (SSSR count). The molecule has 0 spiro atoms. The number of anilines is 1. The van der Waals surface area contributed by atoms with E-state index in [1.165, 1.54) is 0 Å². The van der Waals surface area contributed by atoms with Crippen LogP contribution >= 0.6 is 0 Å². The number of hydrogen-bond acceptors (Lipinski definition) is 6. The molecule has 0 saturated carbocycles. The summed E-state index contributed by atoms with van der Waals surface area (Å²) in [6.45, 7) is 2.45. The van der Waals surface area contributed by atoms with Crippen LogP contribution in [0.1, 0.15) is 12.5 Å². The average Bonchev–Trinajstić information content (AvgIpc) is 2.76. The summed E-state index contributed by atoms with van der Waals surface area (Å²) in [6, 6.07) is 7.08. The van der Waals surface area contributed by atoms with Gasteiger partial charge in [0.2, 0.25) is 0 Å². The molecule has 3 N–H and O–H groups in total. The third-order valence-corrected chi connectivity index (χ3v) is 4.18. The number of alkyl carbamates (subject to hydrolysis) is 1. The highest BCUT2D eigenvalue weighted by Crippen LogP contribution is 2.31. The van der Waals surface area contributed by atoms with Crippen LogP contribution in [0, 0.1) is 12.3 Å². The number of pyridine rings is 1. The van der Waals surface area contributed by atoms with Crippen LogP contribution in [-0.4, -0.2) is 40.5 Å². The molecule has 0 saturated heterocycles. The first-order chi connectivity index (χ1) is 14.6. The summed E-state index contributed by atoms with van der Waals surface area (Å²) in [4.78, 5) is 27.9. The molecule has 9 heteroatoms. The van der Waals surface area contributed by atoms with Crippen LogP contribution in [-0.2, 0) is 11.3 Å². The first kappa shape index (κ1) is 20.5. The fourth-order valence-corrected chi connectivity index (χ4v) is 2.87. The van der Waals surface area contributed by atoms with Crippen LogP contribution in [0.5, 0.6) is 0 Å². The third kappa shape index (κ3) is 4.99. The molecule has 30 heavy (non-hydrogen) atoms. The number of carbonyl (C=O) groups is 2. The number of amides is 3. The molecule has 9 nitrogen and oxygen atoms in total. The van der Waals surface area contributed by atoms with Gasteiger partial charge in [-0.15, -0.1) is 6.42 Å². The second-order valence-electron chi connectivity index (χ2n) is 6.14. The fraction of sp³-hybridized carbons (Fsp3) is 0.190. The summed E-state index contributed by atoms with van der Waals surface area (Å²) in [5.41, 5.74) is 2.57. The molecule has 0 aliphatic heterocycles. The standard InChI is InChI=1S/C21H20N6O3/c1-3-9-30-21(29)24-11-14-5-6-16(15-7-8-25-26-12-15)17-10-19(23-13-18(14)17)27-20(28)22-4-2/h1,5-8,10,12-13H,4,9,11H2,2H3,(H,24,29)(H2,22,23,27,28). The molecule has 3 aromatic rings. The predicted octanol–water partition coefficient (Wildman–Crippen LogP) is 2.69. The molecule has 0 bridgehead atoms. The van der Waals surface area contributed by atoms with E-state index in [0.717, 1.165) is 27.5 Å². The lowest BCUT2D eigenvalue weighted by molar-refractivity contribution is 0.159. The van der Waals surface area contributed by atoms with Crippen LogP contribution < -0.4 is 16.0 Å². The van der Waals surface area contributed by atoms with Gasteiger partial charge in [-0.25, -0.2) is 14.6 Å². The molecule has 2 aromatic heterocycles. The van der Waals surface area contributed by atoms with Crippen molar-refractivity contribution in [2.45, 2.75) is 13.5 Å². The highest BCUT2D eigenvalue weighted by molar-refractivity contribution is 6.00. The van der Waals surface area contributed by atoms with Gasteiger partial charge in [0.15, 0.2) is 6.61 Å². The first-order valence-electron chi connectivity index (χ1n) is 9.20. The molecule has 152 valence electrons. The van der Waals surface area contributed by atoms with Crippen molar-refractivity contribution in [2.24, 2.45) is 0 Å².